The fourth-order valence-corrected chi connectivity index (χ4v) is 1.52. The van der Waals surface area contributed by atoms with E-state index in [2.05, 4.69) is 4.74 Å². The monoisotopic (exact) mass is 310 g/mol. The van der Waals surface area contributed by atoms with Crippen molar-refractivity contribution in [2.45, 2.75) is 13.8 Å². The quantitative estimate of drug-likeness (QED) is 0.429. The van der Waals surface area contributed by atoms with Gasteiger partial charge in [-0.2, -0.15) is 0 Å². The highest BCUT2D eigenvalue weighted by Crippen LogP contribution is 2.28. The molecular weight excluding hydrogens is 296 g/mol. The van der Waals surface area contributed by atoms with Crippen LogP contribution in [-0.4, -0.2) is 29.0 Å². The minimum atomic E-state index is -0.695. The van der Waals surface area contributed by atoms with Crippen LogP contribution in [-0.2, 0) is 9.53 Å². The Bertz CT molecular complexity index is 625. The number of hydrogen-bond acceptors (Lipinski definition) is 7. The Hall–Kier alpha value is -2.97. The Kier molecular flexibility index (Phi) is 5.99. The average Bonchev–Trinajstić information content (AvgIpc) is 2.45. The summed E-state index contributed by atoms with van der Waals surface area (Å²) in [5, 5.41) is 21.6. The number of nitro benzene ring substituents is 1. The second kappa shape index (κ2) is 7.72. The lowest BCUT2D eigenvalue weighted by molar-refractivity contribution is -0.422. The van der Waals surface area contributed by atoms with Crippen LogP contribution in [0.5, 0.6) is 5.75 Å². The molecule has 0 spiro atoms. The molecule has 0 bridgehead atoms. The summed E-state index contributed by atoms with van der Waals surface area (Å²) in [6, 6.07) is 3.82. The van der Waals surface area contributed by atoms with Crippen LogP contribution in [0.4, 0.5) is 5.69 Å². The van der Waals surface area contributed by atoms with Crippen LogP contribution in [0.2, 0.25) is 0 Å². The Labute approximate surface area is 125 Å². The van der Waals surface area contributed by atoms with Crippen LogP contribution in [0.1, 0.15) is 19.4 Å². The van der Waals surface area contributed by atoms with Gasteiger partial charge in [0.15, 0.2) is 12.4 Å². The van der Waals surface area contributed by atoms with E-state index in [4.69, 9.17) is 4.74 Å². The molecule has 0 aromatic heterocycles. The number of ether oxygens (including phenoxy) is 2. The first-order chi connectivity index (χ1) is 10.3. The molecule has 0 amide bonds. The maximum absolute atomic E-state index is 11.2. The van der Waals surface area contributed by atoms with Gasteiger partial charge >= 0.3 is 11.7 Å². The Morgan fingerprint density at radius 1 is 1.32 bits per heavy atom. The third-order valence-electron chi connectivity index (χ3n) is 2.49. The van der Waals surface area contributed by atoms with Gasteiger partial charge in [0, 0.05) is 19.1 Å². The number of esters is 1. The Morgan fingerprint density at radius 3 is 2.55 bits per heavy atom. The van der Waals surface area contributed by atoms with Gasteiger partial charge in [0.2, 0.25) is 5.70 Å². The first-order valence-corrected chi connectivity index (χ1v) is 6.24. The molecule has 0 unspecified atom stereocenters. The van der Waals surface area contributed by atoms with Crippen molar-refractivity contribution in [2.75, 3.05) is 13.2 Å². The van der Waals surface area contributed by atoms with E-state index in [1.807, 2.05) is 0 Å². The lowest BCUT2D eigenvalue weighted by Crippen LogP contribution is -2.15. The lowest BCUT2D eigenvalue weighted by Gasteiger charge is -2.06. The predicted octanol–water partition coefficient (Wildman–Crippen LogP) is 2.17. The third kappa shape index (κ3) is 4.85. The number of carbonyl (C=O) groups excluding carboxylic acids is 1. The lowest BCUT2D eigenvalue weighted by atomic mass is 10.1. The molecule has 0 saturated carbocycles. The summed E-state index contributed by atoms with van der Waals surface area (Å²) in [4.78, 5) is 31.5. The van der Waals surface area contributed by atoms with Crippen molar-refractivity contribution in [3.05, 3.63) is 49.7 Å². The number of carbonyl (C=O) groups is 1. The van der Waals surface area contributed by atoms with E-state index in [-0.39, 0.29) is 23.6 Å². The zero-order valence-electron chi connectivity index (χ0n) is 12.0. The van der Waals surface area contributed by atoms with E-state index in [0.29, 0.717) is 0 Å². The van der Waals surface area contributed by atoms with E-state index in [1.165, 1.54) is 25.1 Å². The topological polar surface area (TPSA) is 122 Å². The molecule has 22 heavy (non-hydrogen) atoms. The molecule has 0 aliphatic heterocycles. The number of nitro groups is 2. The molecule has 0 radical (unpaired) electrons. The zero-order chi connectivity index (χ0) is 16.7. The number of benzene rings is 1. The summed E-state index contributed by atoms with van der Waals surface area (Å²) in [7, 11) is 0. The maximum Gasteiger partial charge on any atom is 0.344 e. The van der Waals surface area contributed by atoms with Crippen LogP contribution in [0.15, 0.2) is 23.9 Å². The van der Waals surface area contributed by atoms with Crippen LogP contribution in [0.3, 0.4) is 0 Å². The summed E-state index contributed by atoms with van der Waals surface area (Å²) in [5.41, 5.74) is -0.270. The number of rotatable bonds is 7. The Morgan fingerprint density at radius 2 is 2.00 bits per heavy atom. The second-order valence-corrected chi connectivity index (χ2v) is 4.12. The zero-order valence-corrected chi connectivity index (χ0v) is 12.0. The van der Waals surface area contributed by atoms with Crippen molar-refractivity contribution in [1.29, 1.82) is 0 Å². The highest BCUT2D eigenvalue weighted by Gasteiger charge is 2.17. The third-order valence-corrected chi connectivity index (χ3v) is 2.49. The standard InChI is InChI=1S/C13H14N2O7/c1-3-21-13(16)8-22-12-5-4-10(6-9(2)14(17)18)7-11(12)15(19)20/h4-7H,3,8H2,1-2H3. The van der Waals surface area contributed by atoms with Crippen molar-refractivity contribution in [1.82, 2.24) is 0 Å². The van der Waals surface area contributed by atoms with Crippen LogP contribution in [0.25, 0.3) is 6.08 Å². The van der Waals surface area contributed by atoms with Gasteiger partial charge in [-0.3, -0.25) is 20.2 Å². The van der Waals surface area contributed by atoms with Gasteiger partial charge in [-0.05, 0) is 18.6 Å². The van der Waals surface area contributed by atoms with Gasteiger partial charge in [0.1, 0.15) is 0 Å². The molecule has 1 aromatic rings. The minimum Gasteiger partial charge on any atom is -0.475 e. The van der Waals surface area contributed by atoms with E-state index in [0.717, 1.165) is 6.07 Å². The summed E-state index contributed by atoms with van der Waals surface area (Å²) < 4.78 is 9.70. The molecule has 0 aliphatic rings. The van der Waals surface area contributed by atoms with Crippen LogP contribution >= 0.6 is 0 Å². The van der Waals surface area contributed by atoms with E-state index in [1.54, 1.807) is 6.92 Å². The van der Waals surface area contributed by atoms with E-state index >= 15 is 0 Å². The minimum absolute atomic E-state index is 0.117. The fraction of sp³-hybridized carbons (Fsp3) is 0.308. The first kappa shape index (κ1) is 17.1. The molecule has 0 heterocycles. The van der Waals surface area contributed by atoms with Crippen molar-refractivity contribution >= 4 is 17.7 Å². The molecular formula is C13H14N2O7. The summed E-state index contributed by atoms with van der Waals surface area (Å²) in [6.07, 6.45) is 1.20. The smallest absolute Gasteiger partial charge is 0.344 e. The number of hydrogen-bond donors (Lipinski definition) is 0. The van der Waals surface area contributed by atoms with Gasteiger partial charge in [-0.15, -0.1) is 0 Å². The molecule has 0 atom stereocenters. The first-order valence-electron chi connectivity index (χ1n) is 6.24. The van der Waals surface area contributed by atoms with Gasteiger partial charge in [0.05, 0.1) is 16.5 Å². The van der Waals surface area contributed by atoms with E-state index in [9.17, 15) is 25.0 Å². The van der Waals surface area contributed by atoms with E-state index < -0.39 is 28.1 Å². The average molecular weight is 310 g/mol. The normalized spacial score (nSPS) is 10.9. The van der Waals surface area contributed by atoms with Crippen molar-refractivity contribution in [3.63, 3.8) is 0 Å². The number of allylic oxidation sites excluding steroid dienone is 1. The molecule has 1 rings (SSSR count). The van der Waals surface area contributed by atoms with Crippen LogP contribution in [0, 0.1) is 20.2 Å². The largest absolute Gasteiger partial charge is 0.475 e. The molecule has 0 N–H and O–H groups in total. The van der Waals surface area contributed by atoms with Crippen molar-refractivity contribution < 1.29 is 24.1 Å². The van der Waals surface area contributed by atoms with Crippen LogP contribution < -0.4 is 4.74 Å². The van der Waals surface area contributed by atoms with Gasteiger partial charge in [-0.1, -0.05) is 6.07 Å². The number of nitrogens with zero attached hydrogens (tertiary/aromatic N) is 2. The molecule has 1 aromatic carbocycles. The highest BCUT2D eigenvalue weighted by molar-refractivity contribution is 5.71. The van der Waals surface area contributed by atoms with Crippen molar-refractivity contribution in [3.8, 4) is 5.75 Å². The highest BCUT2D eigenvalue weighted by atomic mass is 16.6. The summed E-state index contributed by atoms with van der Waals surface area (Å²) >= 11 is 0. The van der Waals surface area contributed by atoms with Gasteiger partial charge in [-0.25, -0.2) is 4.79 Å². The molecule has 9 heteroatoms. The predicted molar refractivity (Wildman–Crippen MR) is 75.9 cm³/mol. The Balaban J connectivity index is 3.01. The summed E-state index contributed by atoms with van der Waals surface area (Å²) in [6.45, 7) is 2.61. The second-order valence-electron chi connectivity index (χ2n) is 4.12. The summed E-state index contributed by atoms with van der Waals surface area (Å²) in [5.74, 6) is -0.765. The maximum atomic E-state index is 11.2. The molecule has 118 valence electrons. The van der Waals surface area contributed by atoms with Gasteiger partial charge < -0.3 is 9.47 Å². The fourth-order valence-electron chi connectivity index (χ4n) is 1.52. The van der Waals surface area contributed by atoms with Gasteiger partial charge in [0.25, 0.3) is 0 Å². The van der Waals surface area contributed by atoms with Crippen molar-refractivity contribution in [2.24, 2.45) is 0 Å². The molecule has 0 aliphatic carbocycles. The molecule has 9 nitrogen and oxygen atoms in total. The molecule has 0 saturated heterocycles. The molecule has 0 fully saturated rings. The SMILES string of the molecule is CCOC(=O)COc1ccc(C=C(C)[N+](=O)[O-])cc1[N+](=O)[O-].